The van der Waals surface area contributed by atoms with Gasteiger partial charge in [-0.15, -0.1) is 0 Å². The van der Waals surface area contributed by atoms with Gasteiger partial charge in [0, 0.05) is 89.8 Å². The minimum Gasteiger partial charge on any atom is -0.508 e. The van der Waals surface area contributed by atoms with Gasteiger partial charge in [-0.3, -0.25) is 38.4 Å². The molecule has 1 saturated carbocycles. The molecule has 22 heteroatoms. The lowest BCUT2D eigenvalue weighted by atomic mass is 9.77. The van der Waals surface area contributed by atoms with E-state index in [0.717, 1.165) is 62.7 Å². The predicted molar refractivity (Wildman–Crippen MR) is 318 cm³/mol. The summed E-state index contributed by atoms with van der Waals surface area (Å²) in [6.07, 6.45) is 9.00. The predicted octanol–water partition coefficient (Wildman–Crippen LogP) is 5.05. The first-order valence-electron chi connectivity index (χ1n) is 29.3. The number of rotatable bonds is 30. The zero-order valence-corrected chi connectivity index (χ0v) is 48.4. The van der Waals surface area contributed by atoms with Crippen molar-refractivity contribution in [2.45, 2.75) is 88.8 Å². The molecule has 87 heavy (non-hydrogen) atoms. The largest absolute Gasteiger partial charge is 0.508 e. The first kappa shape index (κ1) is 63.6. The Morgan fingerprint density at radius 1 is 0.621 bits per heavy atom. The molecule has 0 radical (unpaired) electrons. The van der Waals surface area contributed by atoms with Crippen molar-refractivity contribution >= 4 is 53.1 Å². The smallest absolute Gasteiger partial charge is 0.340 e. The normalized spacial score (nSPS) is 14.4. The minimum atomic E-state index is -1.46. The lowest BCUT2D eigenvalue weighted by Crippen LogP contribution is -2.53. The van der Waals surface area contributed by atoms with Crippen molar-refractivity contribution in [1.82, 2.24) is 37.2 Å². The molecule has 1 aliphatic carbocycles. The summed E-state index contributed by atoms with van der Waals surface area (Å²) in [6.45, 7) is 2.50. The van der Waals surface area contributed by atoms with Crippen LogP contribution in [-0.4, -0.2) is 135 Å². The maximum atomic E-state index is 14.1. The van der Waals surface area contributed by atoms with Crippen LogP contribution in [-0.2, 0) is 55.0 Å². The molecule has 1 fully saturated rings. The second-order valence-corrected chi connectivity index (χ2v) is 21.5. The number of benzene rings is 5. The fourth-order valence-corrected chi connectivity index (χ4v) is 10.7. The second-order valence-electron chi connectivity index (χ2n) is 21.5. The van der Waals surface area contributed by atoms with Gasteiger partial charge in [0.2, 0.25) is 35.4 Å². The molecule has 5 aromatic rings. The highest BCUT2D eigenvalue weighted by molar-refractivity contribution is 6.09. The lowest BCUT2D eigenvalue weighted by Gasteiger charge is -2.36. The van der Waals surface area contributed by atoms with Crippen LogP contribution in [0.3, 0.4) is 0 Å². The van der Waals surface area contributed by atoms with E-state index in [1.165, 1.54) is 30.3 Å². The Bertz CT molecular complexity index is 3280. The number of nitrogens with one attached hydrogen (secondary N) is 7. The zero-order valence-electron chi connectivity index (χ0n) is 48.4. The minimum absolute atomic E-state index is 0.0199. The molecule has 0 bridgehead atoms. The summed E-state index contributed by atoms with van der Waals surface area (Å²) in [5.41, 5.74) is 2.14. The maximum Gasteiger partial charge on any atom is 0.340 e. The molecule has 1 unspecified atom stereocenters. The van der Waals surface area contributed by atoms with Crippen LogP contribution in [0.25, 0.3) is 0 Å². The first-order valence-corrected chi connectivity index (χ1v) is 29.3. The zero-order chi connectivity index (χ0) is 61.7. The van der Waals surface area contributed by atoms with E-state index >= 15 is 0 Å². The molecule has 22 nitrogen and oxygen atoms in total. The van der Waals surface area contributed by atoms with Crippen molar-refractivity contribution in [2.75, 3.05) is 59.2 Å². The number of phenolic OH excluding ortho intramolecular Hbond substituents is 2. The SMILES string of the molecule is CCCCNC(=O)CC(Cc1ccc(C(=O)c2ccccc2)cc1)NC(=O)[C@H](CC1CCCCC1)NC(=O)CNC(=O)/C=C/C(=O)NCC(=O)NCCOCCOCCNC(=O)c1ccc2c(c1)C(=O)OC21c2ccc(O)cc2Oc2cc(O)ccc21. The topological polar surface area (TPSA) is 315 Å². The summed E-state index contributed by atoms with van der Waals surface area (Å²) in [4.78, 5) is 118. The molecule has 458 valence electrons. The van der Waals surface area contributed by atoms with Gasteiger partial charge in [-0.1, -0.05) is 106 Å². The fraction of sp³-hybridized carbons (Fsp3) is 0.369. The number of fused-ring (bicyclic) bond motifs is 6. The molecule has 2 aliphatic heterocycles. The molecular weight excluding hydrogens is 1120 g/mol. The van der Waals surface area contributed by atoms with Gasteiger partial charge in [0.05, 0.1) is 45.1 Å². The quantitative estimate of drug-likeness (QED) is 0.0126. The molecule has 0 aromatic heterocycles. The number of hydrogen-bond acceptors (Lipinski definition) is 15. The highest BCUT2D eigenvalue weighted by Gasteiger charge is 2.54. The van der Waals surface area contributed by atoms with E-state index in [0.29, 0.717) is 40.8 Å². The lowest BCUT2D eigenvalue weighted by molar-refractivity contribution is -0.130. The van der Waals surface area contributed by atoms with Crippen LogP contribution >= 0.6 is 0 Å². The van der Waals surface area contributed by atoms with Gasteiger partial charge < -0.3 is 66.4 Å². The van der Waals surface area contributed by atoms with Crippen LogP contribution in [0.15, 0.2) is 121 Å². The molecule has 0 saturated heterocycles. The third-order valence-corrected chi connectivity index (χ3v) is 15.1. The van der Waals surface area contributed by atoms with Crippen molar-refractivity contribution in [2.24, 2.45) is 5.92 Å². The summed E-state index contributed by atoms with van der Waals surface area (Å²) < 4.78 is 23.1. The van der Waals surface area contributed by atoms with Gasteiger partial charge in [0.15, 0.2) is 11.4 Å². The molecule has 2 heterocycles. The molecule has 3 aliphatic rings. The third-order valence-electron chi connectivity index (χ3n) is 15.1. The van der Waals surface area contributed by atoms with Gasteiger partial charge in [-0.2, -0.15) is 0 Å². The van der Waals surface area contributed by atoms with E-state index in [1.54, 1.807) is 72.8 Å². The van der Waals surface area contributed by atoms with Crippen molar-refractivity contribution < 1.29 is 72.3 Å². The molecule has 2 atom stereocenters. The van der Waals surface area contributed by atoms with Crippen molar-refractivity contribution in [3.63, 3.8) is 0 Å². The third kappa shape index (κ3) is 17.6. The number of ether oxygens (including phenoxy) is 4. The van der Waals surface area contributed by atoms with E-state index < -0.39 is 72.2 Å². The number of unbranched alkanes of at least 4 members (excludes halogenated alkanes) is 1. The number of aromatic hydroxyl groups is 2. The van der Waals surface area contributed by atoms with Gasteiger partial charge in [0.25, 0.3) is 5.91 Å². The van der Waals surface area contributed by atoms with Crippen LogP contribution < -0.4 is 42.0 Å². The fourth-order valence-electron chi connectivity index (χ4n) is 10.7. The number of phenols is 2. The van der Waals surface area contributed by atoms with Crippen LogP contribution in [0, 0.1) is 5.92 Å². The van der Waals surface area contributed by atoms with Crippen LogP contribution in [0.2, 0.25) is 0 Å². The number of ketones is 1. The van der Waals surface area contributed by atoms with Gasteiger partial charge in [-0.25, -0.2) is 4.79 Å². The highest BCUT2D eigenvalue weighted by Crippen LogP contribution is 2.57. The number of amides is 7. The van der Waals surface area contributed by atoms with Crippen molar-refractivity contribution in [3.8, 4) is 23.0 Å². The second kappa shape index (κ2) is 31.1. The van der Waals surface area contributed by atoms with Crippen LogP contribution in [0.5, 0.6) is 23.0 Å². The summed E-state index contributed by atoms with van der Waals surface area (Å²) in [6, 6.07) is 27.9. The Morgan fingerprint density at radius 2 is 1.21 bits per heavy atom. The Hall–Kier alpha value is -9.41. The van der Waals surface area contributed by atoms with Gasteiger partial charge in [-0.05, 0) is 67.1 Å². The van der Waals surface area contributed by atoms with E-state index in [9.17, 15) is 53.4 Å². The summed E-state index contributed by atoms with van der Waals surface area (Å²) in [5, 5.41) is 39.2. The van der Waals surface area contributed by atoms with E-state index in [-0.39, 0.29) is 104 Å². The number of carbonyl (C=O) groups is 9. The summed E-state index contributed by atoms with van der Waals surface area (Å²) in [5.74, 6) is -4.13. The molecule has 8 rings (SSSR count). The number of hydrogen-bond donors (Lipinski definition) is 9. The summed E-state index contributed by atoms with van der Waals surface area (Å²) in [7, 11) is 0. The Kier molecular flexibility index (Phi) is 22.8. The maximum absolute atomic E-state index is 14.1. The molecule has 5 aromatic carbocycles. The average Bonchev–Trinajstić information content (AvgIpc) is 1.64. The molecule has 1 spiro atoms. The van der Waals surface area contributed by atoms with Crippen molar-refractivity contribution in [3.05, 3.63) is 166 Å². The molecule has 9 N–H and O–H groups in total. The first-order chi connectivity index (χ1) is 42.1. The Balaban J connectivity index is 0.706. The Morgan fingerprint density at radius 3 is 1.85 bits per heavy atom. The highest BCUT2D eigenvalue weighted by atomic mass is 16.6. The van der Waals surface area contributed by atoms with E-state index in [2.05, 4.69) is 37.2 Å². The van der Waals surface area contributed by atoms with Crippen LogP contribution in [0.1, 0.15) is 124 Å². The summed E-state index contributed by atoms with van der Waals surface area (Å²) >= 11 is 0. The standard InChI is InChI=1S/C65H73N7O15/c1-2-3-26-66-58(77)36-46(33-42-14-16-44(17-15-42)61(80)43-12-8-5-9-13-43)71-63(82)53(34-41-10-6-4-7-11-41)72-60(79)40-70-57(76)25-24-56(75)69-39-59(78)67-27-29-84-31-32-85-30-28-68-62(81)45-18-21-50-49(35-45)64(83)87-65(50)51-22-19-47(73)37-54(51)86-55-38-48(74)20-23-52(55)65/h5,8-9,12-25,35,37-38,41,46,53,73-74H,2-4,6-7,10-11,26-34,36,39-40H2,1H3,(H,66,77)(H,67,78)(H,68,81)(H,69,75)(H,70,76)(H,71,82)(H,72,79)/b25-24+/t46?,53-/m0/s1. The van der Waals surface area contributed by atoms with E-state index in [4.69, 9.17) is 18.9 Å². The average molecular weight is 1190 g/mol. The van der Waals surface area contributed by atoms with Gasteiger partial charge >= 0.3 is 5.97 Å². The monoisotopic (exact) mass is 1190 g/mol. The van der Waals surface area contributed by atoms with Crippen LogP contribution in [0.4, 0.5) is 0 Å². The number of carbonyl (C=O) groups excluding carboxylic acids is 9. The Labute approximate surface area is 503 Å². The van der Waals surface area contributed by atoms with Gasteiger partial charge in [0.1, 0.15) is 29.0 Å². The molecule has 7 amide bonds. The number of esters is 1. The van der Waals surface area contributed by atoms with Crippen molar-refractivity contribution in [1.29, 1.82) is 0 Å². The molecular formula is C65H73N7O15. The van der Waals surface area contributed by atoms with E-state index in [1.807, 2.05) is 13.0 Å².